The molecule has 2 aromatic rings. The molecule has 2 N–H and O–H groups in total. The number of rotatable bonds is 2. The van der Waals surface area contributed by atoms with Gasteiger partial charge in [0.2, 0.25) is 5.95 Å². The summed E-state index contributed by atoms with van der Waals surface area (Å²) in [5.74, 6) is 1.07. The predicted octanol–water partition coefficient (Wildman–Crippen LogP) is 2.94. The summed E-state index contributed by atoms with van der Waals surface area (Å²) in [5, 5.41) is 1.07. The minimum Gasteiger partial charge on any atom is -0.370 e. The lowest BCUT2D eigenvalue weighted by Crippen LogP contribution is -2.39. The van der Waals surface area contributed by atoms with Crippen LogP contribution in [-0.4, -0.2) is 29.7 Å². The van der Waals surface area contributed by atoms with Crippen LogP contribution >= 0.6 is 23.2 Å². The summed E-state index contributed by atoms with van der Waals surface area (Å²) in [6, 6.07) is 7.39. The van der Waals surface area contributed by atoms with Gasteiger partial charge in [0.25, 0.3) is 0 Å². The van der Waals surface area contributed by atoms with E-state index >= 15 is 0 Å². The highest BCUT2D eigenvalue weighted by molar-refractivity contribution is 6.42. The van der Waals surface area contributed by atoms with Crippen molar-refractivity contribution in [3.05, 3.63) is 46.1 Å². The zero-order chi connectivity index (χ0) is 14.8. The Bertz CT molecular complexity index is 653. The van der Waals surface area contributed by atoms with Gasteiger partial charge < -0.3 is 15.4 Å². The van der Waals surface area contributed by atoms with E-state index in [1.165, 1.54) is 0 Å². The first-order chi connectivity index (χ1) is 10.1. The number of nitrogen functional groups attached to an aromatic ring is 1. The molecule has 1 fully saturated rings. The molecule has 1 saturated heterocycles. The van der Waals surface area contributed by atoms with Crippen LogP contribution in [0.15, 0.2) is 30.5 Å². The zero-order valence-electron chi connectivity index (χ0n) is 11.2. The maximum Gasteiger partial charge on any atom is 0.221 e. The van der Waals surface area contributed by atoms with Crippen LogP contribution in [0.2, 0.25) is 10.0 Å². The van der Waals surface area contributed by atoms with E-state index in [1.807, 2.05) is 18.2 Å². The molecule has 1 aromatic heterocycles. The molecular weight excluding hydrogens is 311 g/mol. The number of nitrogens with zero attached hydrogens (tertiary/aromatic N) is 3. The summed E-state index contributed by atoms with van der Waals surface area (Å²) in [4.78, 5) is 10.3. The Morgan fingerprint density at radius 3 is 2.86 bits per heavy atom. The average Bonchev–Trinajstić information content (AvgIpc) is 2.50. The topological polar surface area (TPSA) is 64.3 Å². The van der Waals surface area contributed by atoms with Crippen molar-refractivity contribution in [2.75, 3.05) is 30.3 Å². The number of ether oxygens (including phenoxy) is 1. The summed E-state index contributed by atoms with van der Waals surface area (Å²) in [7, 11) is 0. The Hall–Kier alpha value is -1.56. The maximum atomic E-state index is 6.07. The highest BCUT2D eigenvalue weighted by atomic mass is 35.5. The first-order valence-electron chi connectivity index (χ1n) is 6.53. The van der Waals surface area contributed by atoms with Gasteiger partial charge in [-0.1, -0.05) is 29.3 Å². The molecule has 2 heterocycles. The molecule has 5 nitrogen and oxygen atoms in total. The Morgan fingerprint density at radius 1 is 1.24 bits per heavy atom. The van der Waals surface area contributed by atoms with E-state index in [0.717, 1.165) is 17.9 Å². The van der Waals surface area contributed by atoms with Gasteiger partial charge in [-0.15, -0.1) is 0 Å². The molecule has 110 valence electrons. The summed E-state index contributed by atoms with van der Waals surface area (Å²) >= 11 is 12.0. The third-order valence-corrected chi connectivity index (χ3v) is 4.10. The second-order valence-electron chi connectivity index (χ2n) is 4.75. The van der Waals surface area contributed by atoms with Crippen LogP contribution in [0.1, 0.15) is 11.7 Å². The van der Waals surface area contributed by atoms with Gasteiger partial charge in [0, 0.05) is 19.3 Å². The van der Waals surface area contributed by atoms with E-state index in [9.17, 15) is 0 Å². The lowest BCUT2D eigenvalue weighted by molar-refractivity contribution is 0.0395. The van der Waals surface area contributed by atoms with Gasteiger partial charge in [0.05, 0.1) is 16.7 Å². The number of anilines is 2. The van der Waals surface area contributed by atoms with E-state index in [2.05, 4.69) is 14.9 Å². The van der Waals surface area contributed by atoms with Crippen molar-refractivity contribution in [1.29, 1.82) is 0 Å². The van der Waals surface area contributed by atoms with E-state index in [4.69, 9.17) is 33.7 Å². The van der Waals surface area contributed by atoms with Crippen LogP contribution in [0, 0.1) is 0 Å². The molecule has 7 heteroatoms. The van der Waals surface area contributed by atoms with E-state index in [1.54, 1.807) is 12.3 Å². The highest BCUT2D eigenvalue weighted by Crippen LogP contribution is 2.30. The number of hydrogen-bond acceptors (Lipinski definition) is 5. The van der Waals surface area contributed by atoms with Crippen molar-refractivity contribution in [3.8, 4) is 0 Å². The van der Waals surface area contributed by atoms with Crippen LogP contribution < -0.4 is 10.6 Å². The Morgan fingerprint density at radius 2 is 2.10 bits per heavy atom. The summed E-state index contributed by atoms with van der Waals surface area (Å²) < 4.78 is 5.82. The molecule has 1 aliphatic rings. The summed E-state index contributed by atoms with van der Waals surface area (Å²) in [6.07, 6.45) is 1.58. The second-order valence-corrected chi connectivity index (χ2v) is 5.57. The number of morpholine rings is 1. The second kappa shape index (κ2) is 6.05. The molecule has 1 aliphatic heterocycles. The molecule has 21 heavy (non-hydrogen) atoms. The minimum atomic E-state index is -0.0790. The fourth-order valence-electron chi connectivity index (χ4n) is 2.31. The number of aromatic nitrogens is 2. The number of nitrogens with two attached hydrogens (primary N) is 1. The Balaban J connectivity index is 1.80. The van der Waals surface area contributed by atoms with E-state index in [-0.39, 0.29) is 12.1 Å². The molecule has 0 aliphatic carbocycles. The highest BCUT2D eigenvalue weighted by Gasteiger charge is 2.23. The van der Waals surface area contributed by atoms with Crippen LogP contribution in [0.25, 0.3) is 0 Å². The molecular formula is C14H14Cl2N4O. The molecule has 3 rings (SSSR count). The molecule has 0 saturated carbocycles. The fraction of sp³-hybridized carbons (Fsp3) is 0.286. The SMILES string of the molecule is Nc1nccc(N2CCO[C@H](c3ccc(Cl)c(Cl)c3)C2)n1. The van der Waals surface area contributed by atoms with Gasteiger partial charge in [-0.3, -0.25) is 0 Å². The lowest BCUT2D eigenvalue weighted by Gasteiger charge is -2.34. The monoisotopic (exact) mass is 324 g/mol. The van der Waals surface area contributed by atoms with Gasteiger partial charge in [-0.25, -0.2) is 4.98 Å². The largest absolute Gasteiger partial charge is 0.370 e. The van der Waals surface area contributed by atoms with Crippen molar-refractivity contribution in [1.82, 2.24) is 9.97 Å². The van der Waals surface area contributed by atoms with E-state index in [0.29, 0.717) is 23.2 Å². The quantitative estimate of drug-likeness (QED) is 0.920. The summed E-state index contributed by atoms with van der Waals surface area (Å²) in [5.41, 5.74) is 6.63. The lowest BCUT2D eigenvalue weighted by atomic mass is 10.1. The van der Waals surface area contributed by atoms with E-state index < -0.39 is 0 Å². The van der Waals surface area contributed by atoms with Gasteiger partial charge in [0.1, 0.15) is 11.9 Å². The smallest absolute Gasteiger partial charge is 0.221 e. The normalized spacial score (nSPS) is 18.8. The van der Waals surface area contributed by atoms with Crippen molar-refractivity contribution < 1.29 is 4.74 Å². The van der Waals surface area contributed by atoms with Gasteiger partial charge in [-0.05, 0) is 23.8 Å². The molecule has 0 amide bonds. The van der Waals surface area contributed by atoms with Crippen LogP contribution in [0.3, 0.4) is 0 Å². The average molecular weight is 325 g/mol. The molecule has 0 radical (unpaired) electrons. The Labute approximate surface area is 132 Å². The fourth-order valence-corrected chi connectivity index (χ4v) is 2.62. The van der Waals surface area contributed by atoms with Crippen LogP contribution in [0.5, 0.6) is 0 Å². The van der Waals surface area contributed by atoms with Crippen LogP contribution in [0.4, 0.5) is 11.8 Å². The maximum absolute atomic E-state index is 6.07. The molecule has 0 spiro atoms. The standard InChI is InChI=1S/C14H14Cl2N4O/c15-10-2-1-9(7-11(10)16)12-8-20(5-6-21-12)13-3-4-18-14(17)19-13/h1-4,7,12H,5-6,8H2,(H2,17,18,19)/t12-/m0/s1. The van der Waals surface area contributed by atoms with Gasteiger partial charge in [-0.2, -0.15) is 4.98 Å². The number of benzene rings is 1. The zero-order valence-corrected chi connectivity index (χ0v) is 12.7. The van der Waals surface area contributed by atoms with Gasteiger partial charge >= 0.3 is 0 Å². The summed E-state index contributed by atoms with van der Waals surface area (Å²) in [6.45, 7) is 2.04. The Kier molecular flexibility index (Phi) is 4.14. The molecule has 1 aromatic carbocycles. The number of hydrogen-bond donors (Lipinski definition) is 1. The van der Waals surface area contributed by atoms with Crippen molar-refractivity contribution in [3.63, 3.8) is 0 Å². The predicted molar refractivity (Wildman–Crippen MR) is 83.8 cm³/mol. The van der Waals surface area contributed by atoms with Crippen molar-refractivity contribution in [2.45, 2.75) is 6.10 Å². The minimum absolute atomic E-state index is 0.0790. The van der Waals surface area contributed by atoms with Crippen molar-refractivity contribution in [2.24, 2.45) is 0 Å². The third-order valence-electron chi connectivity index (χ3n) is 3.37. The molecule has 0 bridgehead atoms. The third kappa shape index (κ3) is 3.20. The molecule has 0 unspecified atom stereocenters. The van der Waals surface area contributed by atoms with Crippen molar-refractivity contribution >= 4 is 35.0 Å². The van der Waals surface area contributed by atoms with Gasteiger partial charge in [0.15, 0.2) is 0 Å². The molecule has 1 atom stereocenters. The first-order valence-corrected chi connectivity index (χ1v) is 7.29. The number of halogens is 2. The first kappa shape index (κ1) is 14.4. The van der Waals surface area contributed by atoms with Crippen LogP contribution in [-0.2, 0) is 4.74 Å².